The number of esters is 1. The number of hydrogen-bond acceptors (Lipinski definition) is 7. The van der Waals surface area contributed by atoms with Crippen molar-refractivity contribution in [3.8, 4) is 11.5 Å². The molecule has 0 radical (unpaired) electrons. The number of carbonyl (C=O) groups excluding carboxylic acids is 2. The van der Waals surface area contributed by atoms with Crippen LogP contribution in [0.25, 0.3) is 0 Å². The molecule has 0 bridgehead atoms. The summed E-state index contributed by atoms with van der Waals surface area (Å²) < 4.78 is 17.1. The maximum atomic E-state index is 13.4. The van der Waals surface area contributed by atoms with Gasteiger partial charge in [0.05, 0.1) is 19.6 Å². The van der Waals surface area contributed by atoms with E-state index in [1.807, 2.05) is 91.0 Å². The quantitative estimate of drug-likeness (QED) is 0.102. The summed E-state index contributed by atoms with van der Waals surface area (Å²) >= 11 is 0. The molecule has 0 saturated carbocycles. The van der Waals surface area contributed by atoms with Crippen LogP contribution in [0.2, 0.25) is 0 Å². The van der Waals surface area contributed by atoms with E-state index < -0.39 is 11.5 Å². The van der Waals surface area contributed by atoms with Gasteiger partial charge in [0.15, 0.2) is 11.5 Å². The zero-order chi connectivity index (χ0) is 29.6. The Morgan fingerprint density at radius 2 is 1.31 bits per heavy atom. The van der Waals surface area contributed by atoms with Gasteiger partial charge in [-0.15, -0.1) is 0 Å². The highest BCUT2D eigenvalue weighted by Gasteiger charge is 2.36. The molecule has 3 N–H and O–H groups in total. The van der Waals surface area contributed by atoms with Crippen molar-refractivity contribution >= 4 is 11.9 Å². The molecule has 0 spiro atoms. The van der Waals surface area contributed by atoms with E-state index in [1.165, 1.54) is 6.07 Å². The summed E-state index contributed by atoms with van der Waals surface area (Å²) in [6, 6.07) is 33.6. The van der Waals surface area contributed by atoms with Crippen LogP contribution < -0.4 is 15.6 Å². The lowest BCUT2D eigenvalue weighted by molar-refractivity contribution is -0.153. The standard InChI is InChI=1S/C34H36N2O6/c1-34(33(39)42-25-28-15-9-4-10-16-28,36-35-32(38)19-20-40-23-26-11-5-2-6-12-26)22-29-17-18-30(37)31(21-29)41-24-27-13-7-3-8-14-27/h2-18,21,36-37H,19-20,22-25H2,1H3,(H,35,38)/t34-/m0/s1. The fourth-order valence-corrected chi connectivity index (χ4v) is 4.18. The van der Waals surface area contributed by atoms with E-state index in [1.54, 1.807) is 19.1 Å². The minimum atomic E-state index is -1.33. The molecule has 1 amide bonds. The number of hydrogen-bond donors (Lipinski definition) is 3. The molecule has 8 nitrogen and oxygen atoms in total. The summed E-state index contributed by atoms with van der Waals surface area (Å²) in [6.07, 6.45) is 0.249. The Bertz CT molecular complexity index is 1420. The van der Waals surface area contributed by atoms with E-state index in [0.29, 0.717) is 12.2 Å². The van der Waals surface area contributed by atoms with Gasteiger partial charge in [-0.05, 0) is 41.3 Å². The molecule has 0 saturated heterocycles. The Morgan fingerprint density at radius 1 is 0.738 bits per heavy atom. The van der Waals surface area contributed by atoms with Crippen molar-refractivity contribution in [2.24, 2.45) is 0 Å². The molecule has 4 rings (SSSR count). The second kappa shape index (κ2) is 15.4. The Morgan fingerprint density at radius 3 is 1.93 bits per heavy atom. The van der Waals surface area contributed by atoms with Crippen molar-refractivity contribution < 1.29 is 28.9 Å². The van der Waals surface area contributed by atoms with Gasteiger partial charge in [-0.25, -0.2) is 10.2 Å². The zero-order valence-corrected chi connectivity index (χ0v) is 23.6. The van der Waals surface area contributed by atoms with Gasteiger partial charge in [-0.1, -0.05) is 97.1 Å². The van der Waals surface area contributed by atoms with E-state index in [4.69, 9.17) is 14.2 Å². The van der Waals surface area contributed by atoms with Crippen molar-refractivity contribution in [3.05, 3.63) is 131 Å². The van der Waals surface area contributed by atoms with E-state index in [9.17, 15) is 14.7 Å². The van der Waals surface area contributed by atoms with E-state index in [-0.39, 0.29) is 50.1 Å². The molecular formula is C34H36N2O6. The third kappa shape index (κ3) is 9.47. The van der Waals surface area contributed by atoms with E-state index >= 15 is 0 Å². The lowest BCUT2D eigenvalue weighted by atomic mass is 9.93. The second-order valence-corrected chi connectivity index (χ2v) is 10.1. The molecule has 8 heteroatoms. The van der Waals surface area contributed by atoms with Crippen LogP contribution in [0, 0.1) is 0 Å². The highest BCUT2D eigenvalue weighted by Crippen LogP contribution is 2.29. The van der Waals surface area contributed by atoms with Gasteiger partial charge < -0.3 is 19.3 Å². The summed E-state index contributed by atoms with van der Waals surface area (Å²) in [4.78, 5) is 26.0. The Balaban J connectivity index is 1.39. The van der Waals surface area contributed by atoms with Crippen LogP contribution in [0.3, 0.4) is 0 Å². The first-order valence-corrected chi connectivity index (χ1v) is 13.8. The molecule has 4 aromatic rings. The minimum absolute atomic E-state index is 0.0141. The van der Waals surface area contributed by atoms with Crippen LogP contribution in [0.4, 0.5) is 0 Å². The number of aromatic hydroxyl groups is 1. The molecule has 4 aromatic carbocycles. The van der Waals surface area contributed by atoms with Crippen LogP contribution in [0.1, 0.15) is 35.6 Å². The van der Waals surface area contributed by atoms with Crippen LogP contribution >= 0.6 is 0 Å². The topological polar surface area (TPSA) is 106 Å². The number of nitrogens with one attached hydrogen (secondary N) is 2. The fourth-order valence-electron chi connectivity index (χ4n) is 4.18. The number of phenolic OH excluding ortho intramolecular Hbond substituents is 1. The number of ether oxygens (including phenoxy) is 3. The largest absolute Gasteiger partial charge is 0.504 e. The molecular weight excluding hydrogens is 532 g/mol. The summed E-state index contributed by atoms with van der Waals surface area (Å²) in [7, 11) is 0. The van der Waals surface area contributed by atoms with Crippen molar-refractivity contribution in [2.75, 3.05) is 6.61 Å². The third-order valence-electron chi connectivity index (χ3n) is 6.55. The third-order valence-corrected chi connectivity index (χ3v) is 6.55. The van der Waals surface area contributed by atoms with Gasteiger partial charge in [0.25, 0.3) is 0 Å². The molecule has 0 fully saturated rings. The number of phenols is 1. The smallest absolute Gasteiger partial charge is 0.328 e. The zero-order valence-electron chi connectivity index (χ0n) is 23.6. The number of amides is 1. The number of carbonyl (C=O) groups is 2. The number of hydrazine groups is 1. The summed E-state index contributed by atoms with van der Waals surface area (Å²) in [6.45, 7) is 2.64. The summed E-state index contributed by atoms with van der Waals surface area (Å²) in [5.41, 5.74) is 7.72. The van der Waals surface area contributed by atoms with E-state index in [0.717, 1.165) is 16.7 Å². The number of rotatable bonds is 15. The molecule has 0 aliphatic rings. The average Bonchev–Trinajstić information content (AvgIpc) is 3.02. The van der Waals surface area contributed by atoms with Crippen LogP contribution in [-0.4, -0.2) is 29.1 Å². The van der Waals surface area contributed by atoms with Crippen LogP contribution in [0.5, 0.6) is 11.5 Å². The predicted octanol–water partition coefficient (Wildman–Crippen LogP) is 5.24. The molecule has 0 unspecified atom stereocenters. The van der Waals surface area contributed by atoms with Crippen molar-refractivity contribution in [1.29, 1.82) is 0 Å². The second-order valence-electron chi connectivity index (χ2n) is 10.1. The minimum Gasteiger partial charge on any atom is -0.504 e. The van der Waals surface area contributed by atoms with Crippen molar-refractivity contribution in [2.45, 2.75) is 45.1 Å². The molecule has 0 heterocycles. The summed E-state index contributed by atoms with van der Waals surface area (Å²) in [5, 5.41) is 10.4. The molecule has 42 heavy (non-hydrogen) atoms. The lowest BCUT2D eigenvalue weighted by Crippen LogP contribution is -2.59. The van der Waals surface area contributed by atoms with Gasteiger partial charge in [-0.3, -0.25) is 10.2 Å². The highest BCUT2D eigenvalue weighted by atomic mass is 16.5. The van der Waals surface area contributed by atoms with Gasteiger partial charge in [0.2, 0.25) is 5.91 Å². The molecule has 0 aliphatic carbocycles. The maximum absolute atomic E-state index is 13.4. The fraction of sp³-hybridized carbons (Fsp3) is 0.235. The van der Waals surface area contributed by atoms with Gasteiger partial charge >= 0.3 is 5.97 Å². The van der Waals surface area contributed by atoms with E-state index in [2.05, 4.69) is 10.9 Å². The van der Waals surface area contributed by atoms with Gasteiger partial charge in [-0.2, -0.15) is 0 Å². The van der Waals surface area contributed by atoms with Crippen molar-refractivity contribution in [3.63, 3.8) is 0 Å². The van der Waals surface area contributed by atoms with Crippen LogP contribution in [0.15, 0.2) is 109 Å². The first-order chi connectivity index (χ1) is 20.4. The summed E-state index contributed by atoms with van der Waals surface area (Å²) in [5.74, 6) is -0.606. The Kier molecular flexibility index (Phi) is 11.1. The molecule has 218 valence electrons. The SMILES string of the molecule is C[C@@](Cc1ccc(O)c(OCc2ccccc2)c1)(NNC(=O)CCOCc1ccccc1)C(=O)OCc1ccccc1. The van der Waals surface area contributed by atoms with Crippen molar-refractivity contribution in [1.82, 2.24) is 10.9 Å². The monoisotopic (exact) mass is 568 g/mol. The predicted molar refractivity (Wildman–Crippen MR) is 159 cm³/mol. The highest BCUT2D eigenvalue weighted by molar-refractivity contribution is 5.82. The first-order valence-electron chi connectivity index (χ1n) is 13.8. The van der Waals surface area contributed by atoms with Gasteiger partial charge in [0, 0.05) is 6.42 Å². The molecule has 0 aromatic heterocycles. The normalized spacial score (nSPS) is 12.2. The Labute approximate surface area is 246 Å². The molecule has 0 aliphatic heterocycles. The first kappa shape index (κ1) is 30.3. The van der Waals surface area contributed by atoms with Crippen LogP contribution in [-0.2, 0) is 45.3 Å². The average molecular weight is 569 g/mol. The Hall–Kier alpha value is -4.66. The lowest BCUT2D eigenvalue weighted by Gasteiger charge is -2.29. The maximum Gasteiger partial charge on any atom is 0.328 e. The number of benzene rings is 4. The van der Waals surface area contributed by atoms with Gasteiger partial charge in [0.1, 0.15) is 18.8 Å². The molecule has 1 atom stereocenters.